The fourth-order valence-electron chi connectivity index (χ4n) is 3.75. The predicted molar refractivity (Wildman–Crippen MR) is 113 cm³/mol. The molecule has 2 aromatic rings. The number of rotatable bonds is 6. The number of para-hydroxylation sites is 1. The smallest absolute Gasteiger partial charge is 0.331 e. The Bertz CT molecular complexity index is 863. The van der Waals surface area contributed by atoms with Crippen LogP contribution < -0.4 is 5.32 Å². The third-order valence-electron chi connectivity index (χ3n) is 5.30. The minimum Gasteiger partial charge on any atom is -0.452 e. The second kappa shape index (κ2) is 10.0. The Balaban J connectivity index is 1.54. The standard InChI is InChI=1S/C23H29N3O3/c1-17-21(18(2)26(25-17)20-12-8-5-9-13-20)14-15-23(28)29-16-22(27)24-19-10-6-3-4-7-11-19/h5,8-9,12-15,19H,3-4,6-7,10-11,16H2,1-2H3,(H,24,27)/b15-14+. The van der Waals surface area contributed by atoms with E-state index >= 15 is 0 Å². The van der Waals surface area contributed by atoms with E-state index in [4.69, 9.17) is 4.74 Å². The topological polar surface area (TPSA) is 73.2 Å². The van der Waals surface area contributed by atoms with E-state index in [9.17, 15) is 9.59 Å². The number of hydrogen-bond donors (Lipinski definition) is 1. The number of benzene rings is 1. The summed E-state index contributed by atoms with van der Waals surface area (Å²) in [6, 6.07) is 10.0. The van der Waals surface area contributed by atoms with Crippen molar-refractivity contribution in [2.24, 2.45) is 0 Å². The van der Waals surface area contributed by atoms with Gasteiger partial charge in [0, 0.05) is 23.4 Å². The van der Waals surface area contributed by atoms with Gasteiger partial charge in [0.05, 0.1) is 11.4 Å². The van der Waals surface area contributed by atoms with Crippen molar-refractivity contribution in [2.45, 2.75) is 58.4 Å². The van der Waals surface area contributed by atoms with E-state index in [0.717, 1.165) is 48.3 Å². The van der Waals surface area contributed by atoms with Crippen molar-refractivity contribution in [3.63, 3.8) is 0 Å². The van der Waals surface area contributed by atoms with Gasteiger partial charge >= 0.3 is 5.97 Å². The largest absolute Gasteiger partial charge is 0.452 e. The number of hydrogen-bond acceptors (Lipinski definition) is 4. The Morgan fingerprint density at radius 2 is 1.83 bits per heavy atom. The average molecular weight is 396 g/mol. The number of esters is 1. The summed E-state index contributed by atoms with van der Waals surface area (Å²) in [6.45, 7) is 3.61. The van der Waals surface area contributed by atoms with Gasteiger partial charge in [-0.3, -0.25) is 4.79 Å². The van der Waals surface area contributed by atoms with Crippen LogP contribution in [0.15, 0.2) is 36.4 Å². The molecular formula is C23H29N3O3. The third kappa shape index (κ3) is 5.79. The number of aryl methyl sites for hydroxylation is 1. The van der Waals surface area contributed by atoms with Gasteiger partial charge in [0.2, 0.25) is 0 Å². The van der Waals surface area contributed by atoms with Gasteiger partial charge in [0.25, 0.3) is 5.91 Å². The molecule has 0 radical (unpaired) electrons. The van der Waals surface area contributed by atoms with Crippen LogP contribution in [0.2, 0.25) is 0 Å². The SMILES string of the molecule is Cc1nn(-c2ccccc2)c(C)c1/C=C/C(=O)OCC(=O)NC1CCCCCC1. The highest BCUT2D eigenvalue weighted by atomic mass is 16.5. The van der Waals surface area contributed by atoms with Gasteiger partial charge in [-0.15, -0.1) is 0 Å². The van der Waals surface area contributed by atoms with Gasteiger partial charge in [0.1, 0.15) is 0 Å². The zero-order chi connectivity index (χ0) is 20.6. The zero-order valence-electron chi connectivity index (χ0n) is 17.2. The lowest BCUT2D eigenvalue weighted by atomic mass is 10.1. The third-order valence-corrected chi connectivity index (χ3v) is 5.30. The van der Waals surface area contributed by atoms with Crippen LogP contribution in [-0.2, 0) is 14.3 Å². The van der Waals surface area contributed by atoms with E-state index in [1.807, 2.05) is 48.9 Å². The number of carbonyl (C=O) groups is 2. The van der Waals surface area contributed by atoms with Crippen molar-refractivity contribution < 1.29 is 14.3 Å². The highest BCUT2D eigenvalue weighted by molar-refractivity contribution is 5.89. The summed E-state index contributed by atoms with van der Waals surface area (Å²) in [7, 11) is 0. The molecule has 0 bridgehead atoms. The molecule has 1 aliphatic rings. The Morgan fingerprint density at radius 1 is 1.14 bits per heavy atom. The molecule has 0 unspecified atom stereocenters. The minimum atomic E-state index is -0.535. The maximum atomic E-state index is 12.1. The lowest BCUT2D eigenvalue weighted by Gasteiger charge is -2.15. The number of ether oxygens (including phenoxy) is 1. The van der Waals surface area contributed by atoms with Crippen LogP contribution in [0.5, 0.6) is 0 Å². The second-order valence-electron chi connectivity index (χ2n) is 7.53. The van der Waals surface area contributed by atoms with Gasteiger partial charge < -0.3 is 10.1 Å². The minimum absolute atomic E-state index is 0.202. The van der Waals surface area contributed by atoms with Crippen molar-refractivity contribution in [3.05, 3.63) is 53.4 Å². The molecule has 6 nitrogen and oxygen atoms in total. The number of carbonyl (C=O) groups excluding carboxylic acids is 2. The van der Waals surface area contributed by atoms with Crippen LogP contribution in [0.3, 0.4) is 0 Å². The first-order valence-corrected chi connectivity index (χ1v) is 10.3. The summed E-state index contributed by atoms with van der Waals surface area (Å²) in [4.78, 5) is 24.1. The molecule has 1 amide bonds. The maximum Gasteiger partial charge on any atom is 0.331 e. The van der Waals surface area contributed by atoms with Crippen LogP contribution >= 0.6 is 0 Å². The first-order chi connectivity index (χ1) is 14.0. The van der Waals surface area contributed by atoms with Crippen LogP contribution in [0.25, 0.3) is 11.8 Å². The van der Waals surface area contributed by atoms with E-state index in [-0.39, 0.29) is 18.6 Å². The molecule has 0 atom stereocenters. The lowest BCUT2D eigenvalue weighted by Crippen LogP contribution is -2.37. The van der Waals surface area contributed by atoms with Gasteiger partial charge in [-0.2, -0.15) is 5.10 Å². The molecule has 1 saturated carbocycles. The Labute approximate surface area is 171 Å². The first-order valence-electron chi connectivity index (χ1n) is 10.3. The van der Waals surface area contributed by atoms with E-state index in [1.165, 1.54) is 18.9 Å². The lowest BCUT2D eigenvalue weighted by molar-refractivity contribution is -0.144. The summed E-state index contributed by atoms with van der Waals surface area (Å²) < 4.78 is 6.95. The molecule has 3 rings (SSSR count). The summed E-state index contributed by atoms with van der Waals surface area (Å²) >= 11 is 0. The fourth-order valence-corrected chi connectivity index (χ4v) is 3.75. The van der Waals surface area contributed by atoms with Crippen molar-refractivity contribution in [2.75, 3.05) is 6.61 Å². The van der Waals surface area contributed by atoms with Crippen molar-refractivity contribution >= 4 is 18.0 Å². The molecule has 29 heavy (non-hydrogen) atoms. The number of nitrogens with zero attached hydrogens (tertiary/aromatic N) is 2. The van der Waals surface area contributed by atoms with Gasteiger partial charge in [-0.05, 0) is 44.9 Å². The summed E-state index contributed by atoms with van der Waals surface area (Å²) in [5.41, 5.74) is 3.59. The van der Waals surface area contributed by atoms with Gasteiger partial charge in [-0.1, -0.05) is 43.9 Å². The Hall–Kier alpha value is -2.89. The normalized spacial score (nSPS) is 15.2. The van der Waals surface area contributed by atoms with E-state index < -0.39 is 5.97 Å². The molecule has 0 spiro atoms. The van der Waals surface area contributed by atoms with Crippen LogP contribution in [-0.4, -0.2) is 34.3 Å². The highest BCUT2D eigenvalue weighted by Crippen LogP contribution is 2.19. The molecule has 1 heterocycles. The van der Waals surface area contributed by atoms with Crippen LogP contribution in [0.1, 0.15) is 55.5 Å². The zero-order valence-corrected chi connectivity index (χ0v) is 17.2. The molecule has 1 aliphatic carbocycles. The maximum absolute atomic E-state index is 12.1. The van der Waals surface area contributed by atoms with Crippen molar-refractivity contribution in [1.82, 2.24) is 15.1 Å². The average Bonchev–Trinajstić information content (AvgIpc) is 2.88. The molecule has 1 N–H and O–H groups in total. The second-order valence-corrected chi connectivity index (χ2v) is 7.53. The molecule has 1 aromatic carbocycles. The van der Waals surface area contributed by atoms with Crippen molar-refractivity contribution in [3.8, 4) is 5.69 Å². The first kappa shape index (κ1) is 20.8. The van der Waals surface area contributed by atoms with E-state index in [0.29, 0.717) is 0 Å². The Morgan fingerprint density at radius 3 is 2.52 bits per heavy atom. The monoisotopic (exact) mass is 395 g/mol. The van der Waals surface area contributed by atoms with Crippen LogP contribution in [0, 0.1) is 13.8 Å². The molecule has 0 saturated heterocycles. The molecule has 1 fully saturated rings. The molecule has 0 aliphatic heterocycles. The van der Waals surface area contributed by atoms with Crippen LogP contribution in [0.4, 0.5) is 0 Å². The number of aromatic nitrogens is 2. The fraction of sp³-hybridized carbons (Fsp3) is 0.435. The highest BCUT2D eigenvalue weighted by Gasteiger charge is 2.15. The summed E-state index contributed by atoms with van der Waals surface area (Å²) in [5.74, 6) is -0.768. The summed E-state index contributed by atoms with van der Waals surface area (Å²) in [6.07, 6.45) is 9.80. The predicted octanol–water partition coefficient (Wildman–Crippen LogP) is 3.88. The molecule has 6 heteroatoms. The van der Waals surface area contributed by atoms with Gasteiger partial charge in [0.15, 0.2) is 6.61 Å². The quantitative estimate of drug-likeness (QED) is 0.458. The van der Waals surface area contributed by atoms with Gasteiger partial charge in [-0.25, -0.2) is 9.48 Å². The Kier molecular flexibility index (Phi) is 7.22. The van der Waals surface area contributed by atoms with E-state index in [1.54, 1.807) is 6.08 Å². The molecule has 1 aromatic heterocycles. The number of nitrogens with one attached hydrogen (secondary N) is 1. The number of amides is 1. The van der Waals surface area contributed by atoms with E-state index in [2.05, 4.69) is 10.4 Å². The van der Waals surface area contributed by atoms with Crippen molar-refractivity contribution in [1.29, 1.82) is 0 Å². The summed E-state index contributed by atoms with van der Waals surface area (Å²) in [5, 5.41) is 7.53. The molecular weight excluding hydrogens is 366 g/mol. The molecule has 154 valence electrons.